The molecule has 0 atom stereocenters. The van der Waals surface area contributed by atoms with Gasteiger partial charge in [0.25, 0.3) is 0 Å². The smallest absolute Gasteiger partial charge is 0.199 e. The molecule has 0 fully saturated rings. The molecular weight excluding hydrogens is 246 g/mol. The largest absolute Gasteiger partial charge is 0.369 e. The van der Waals surface area contributed by atoms with Gasteiger partial charge < -0.3 is 15.7 Å². The lowest BCUT2D eigenvalue weighted by molar-refractivity contribution is 1.20. The number of hydrogen-bond acceptors (Lipinski definition) is 7. The zero-order chi connectivity index (χ0) is 13.1. The van der Waals surface area contributed by atoms with Crippen molar-refractivity contribution in [2.24, 2.45) is 0 Å². The number of hydrogen-bond donors (Lipinski definition) is 3. The van der Waals surface area contributed by atoms with Crippen LogP contribution in [0.4, 0.5) is 5.95 Å². The van der Waals surface area contributed by atoms with Crippen LogP contribution in [0, 0.1) is 0 Å². The van der Waals surface area contributed by atoms with E-state index in [-0.39, 0.29) is 0 Å². The number of rotatable bonds is 0. The number of imidazole rings is 2. The fourth-order valence-electron chi connectivity index (χ4n) is 1.47. The van der Waals surface area contributed by atoms with Gasteiger partial charge in [0.05, 0.1) is 18.7 Å². The van der Waals surface area contributed by atoms with Gasteiger partial charge in [0, 0.05) is 0 Å². The van der Waals surface area contributed by atoms with Crippen LogP contribution in [0.15, 0.2) is 31.4 Å². The molecule has 0 aromatic carbocycles. The molecule has 0 aliphatic heterocycles. The van der Waals surface area contributed by atoms with Crippen molar-refractivity contribution in [2.75, 3.05) is 5.73 Å². The molecular formula is C10H9N9. The van der Waals surface area contributed by atoms with E-state index >= 15 is 0 Å². The Labute approximate surface area is 106 Å². The van der Waals surface area contributed by atoms with E-state index in [0.29, 0.717) is 17.1 Å². The number of aromatic nitrogens is 8. The van der Waals surface area contributed by atoms with Crippen LogP contribution in [0.25, 0.3) is 22.3 Å². The summed E-state index contributed by atoms with van der Waals surface area (Å²) in [5, 5.41) is 0. The lowest BCUT2D eigenvalue weighted by Crippen LogP contribution is -1.84. The van der Waals surface area contributed by atoms with E-state index in [1.165, 1.54) is 12.7 Å². The predicted molar refractivity (Wildman–Crippen MR) is 67.8 cm³/mol. The van der Waals surface area contributed by atoms with Gasteiger partial charge in [-0.1, -0.05) is 0 Å². The molecule has 0 spiro atoms. The number of nitrogens with zero attached hydrogens (tertiary/aromatic N) is 6. The van der Waals surface area contributed by atoms with Gasteiger partial charge in [-0.2, -0.15) is 0 Å². The fraction of sp³-hybridized carbons (Fsp3) is 0. The lowest BCUT2D eigenvalue weighted by Gasteiger charge is -1.80. The summed E-state index contributed by atoms with van der Waals surface area (Å²) in [5.41, 5.74) is 8.31. The van der Waals surface area contributed by atoms with Crippen LogP contribution in [0.2, 0.25) is 0 Å². The molecule has 9 nitrogen and oxygen atoms in total. The second-order valence-corrected chi connectivity index (χ2v) is 3.54. The summed E-state index contributed by atoms with van der Waals surface area (Å²) in [6.07, 6.45) is 7.80. The molecule has 4 aromatic heterocycles. The quantitative estimate of drug-likeness (QED) is 0.411. The van der Waals surface area contributed by atoms with E-state index in [4.69, 9.17) is 5.73 Å². The van der Waals surface area contributed by atoms with Crippen LogP contribution in [0.5, 0.6) is 0 Å². The summed E-state index contributed by atoms with van der Waals surface area (Å²) in [6.45, 7) is 0. The third-order valence-corrected chi connectivity index (χ3v) is 2.28. The normalized spacial score (nSPS) is 10.3. The summed E-state index contributed by atoms with van der Waals surface area (Å²) in [7, 11) is 0. The third-order valence-electron chi connectivity index (χ3n) is 2.28. The highest BCUT2D eigenvalue weighted by Crippen LogP contribution is 2.05. The van der Waals surface area contributed by atoms with Crippen molar-refractivity contribution in [3.63, 3.8) is 0 Å². The highest BCUT2D eigenvalue weighted by molar-refractivity contribution is 5.71. The van der Waals surface area contributed by atoms with Gasteiger partial charge in [0.15, 0.2) is 17.2 Å². The number of fused-ring (bicyclic) bond motifs is 2. The molecule has 0 aliphatic rings. The monoisotopic (exact) mass is 255 g/mol. The van der Waals surface area contributed by atoms with E-state index in [9.17, 15) is 0 Å². The Bertz CT molecular complexity index is 739. The van der Waals surface area contributed by atoms with Gasteiger partial charge in [-0.15, -0.1) is 0 Å². The van der Waals surface area contributed by atoms with Crippen molar-refractivity contribution in [1.82, 2.24) is 39.9 Å². The highest BCUT2D eigenvalue weighted by atomic mass is 15.1. The van der Waals surface area contributed by atoms with Crippen LogP contribution >= 0.6 is 0 Å². The van der Waals surface area contributed by atoms with Crippen molar-refractivity contribution >= 4 is 28.3 Å². The number of nitrogen functional groups attached to an aromatic ring is 1. The molecule has 4 rings (SSSR count). The van der Waals surface area contributed by atoms with E-state index in [0.717, 1.165) is 11.2 Å². The second kappa shape index (κ2) is 4.64. The van der Waals surface area contributed by atoms with Crippen LogP contribution < -0.4 is 5.73 Å². The molecule has 0 radical (unpaired) electrons. The SMILES string of the molecule is Nc1nc2cncnc2[nH]1.c1ncc2nc[nH]c2n1. The number of H-pyrrole nitrogens is 2. The molecule has 0 unspecified atom stereocenters. The molecule has 19 heavy (non-hydrogen) atoms. The van der Waals surface area contributed by atoms with Crippen LogP contribution in [0.3, 0.4) is 0 Å². The summed E-state index contributed by atoms with van der Waals surface area (Å²) in [6, 6.07) is 0. The Morgan fingerprint density at radius 1 is 0.895 bits per heavy atom. The molecule has 0 saturated carbocycles. The van der Waals surface area contributed by atoms with E-state index in [1.807, 2.05) is 0 Å². The maximum Gasteiger partial charge on any atom is 0.199 e. The molecule has 4 heterocycles. The van der Waals surface area contributed by atoms with Gasteiger partial charge in [-0.25, -0.2) is 29.9 Å². The second-order valence-electron chi connectivity index (χ2n) is 3.54. The molecule has 9 heteroatoms. The molecule has 94 valence electrons. The van der Waals surface area contributed by atoms with Gasteiger partial charge >= 0.3 is 0 Å². The van der Waals surface area contributed by atoms with Crippen molar-refractivity contribution in [3.05, 3.63) is 31.4 Å². The van der Waals surface area contributed by atoms with E-state index in [2.05, 4.69) is 39.9 Å². The third kappa shape index (κ3) is 2.29. The number of aromatic amines is 2. The Balaban J connectivity index is 0.000000117. The standard InChI is InChI=1S/C5H5N5.C5H4N4/c6-5-9-3-1-7-2-8-4(3)10-5;1-4-5(8-2-6-1)9-3-7-4/h1-2H,(H3,6,7,8,9,10);1-3H,(H,6,7,8,9). The molecule has 4 N–H and O–H groups in total. The minimum absolute atomic E-state index is 0.371. The Hall–Kier alpha value is -3.10. The topological polar surface area (TPSA) is 135 Å². The molecule has 4 aromatic rings. The van der Waals surface area contributed by atoms with Gasteiger partial charge in [0.2, 0.25) is 0 Å². The van der Waals surface area contributed by atoms with E-state index in [1.54, 1.807) is 18.7 Å². The Morgan fingerprint density at radius 2 is 1.63 bits per heavy atom. The first-order chi connectivity index (χ1) is 9.33. The summed E-state index contributed by atoms with van der Waals surface area (Å²) < 4.78 is 0. The lowest BCUT2D eigenvalue weighted by atomic mass is 10.6. The van der Waals surface area contributed by atoms with Crippen molar-refractivity contribution in [3.8, 4) is 0 Å². The average molecular weight is 255 g/mol. The first-order valence-corrected chi connectivity index (χ1v) is 5.33. The van der Waals surface area contributed by atoms with Gasteiger partial charge in [-0.05, 0) is 0 Å². The molecule has 0 saturated heterocycles. The van der Waals surface area contributed by atoms with E-state index < -0.39 is 0 Å². The first-order valence-electron chi connectivity index (χ1n) is 5.33. The van der Waals surface area contributed by atoms with Crippen LogP contribution in [-0.4, -0.2) is 39.9 Å². The summed E-state index contributed by atoms with van der Waals surface area (Å²) in [5.74, 6) is 0.371. The maximum absolute atomic E-state index is 5.36. The van der Waals surface area contributed by atoms with Crippen molar-refractivity contribution in [2.45, 2.75) is 0 Å². The number of nitrogens with two attached hydrogens (primary N) is 1. The Morgan fingerprint density at radius 3 is 2.37 bits per heavy atom. The minimum atomic E-state index is 0.371. The average Bonchev–Trinajstić information content (AvgIpc) is 3.03. The van der Waals surface area contributed by atoms with Crippen LogP contribution in [-0.2, 0) is 0 Å². The minimum Gasteiger partial charge on any atom is -0.369 e. The summed E-state index contributed by atoms with van der Waals surface area (Å²) >= 11 is 0. The van der Waals surface area contributed by atoms with Gasteiger partial charge in [-0.3, -0.25) is 0 Å². The van der Waals surface area contributed by atoms with Crippen molar-refractivity contribution < 1.29 is 0 Å². The molecule has 0 bridgehead atoms. The fourth-order valence-corrected chi connectivity index (χ4v) is 1.47. The molecule has 0 amide bonds. The maximum atomic E-state index is 5.36. The predicted octanol–water partition coefficient (Wildman–Crippen LogP) is 0.288. The van der Waals surface area contributed by atoms with Crippen LogP contribution in [0.1, 0.15) is 0 Å². The zero-order valence-corrected chi connectivity index (χ0v) is 9.65. The highest BCUT2D eigenvalue weighted by Gasteiger charge is 1.97. The summed E-state index contributed by atoms with van der Waals surface area (Å²) in [4.78, 5) is 28.9. The first kappa shape index (κ1) is 11.0. The number of anilines is 1. The zero-order valence-electron chi connectivity index (χ0n) is 9.65. The van der Waals surface area contributed by atoms with Gasteiger partial charge in [0.1, 0.15) is 23.7 Å². The number of nitrogens with one attached hydrogen (secondary N) is 2. The molecule has 0 aliphatic carbocycles. The van der Waals surface area contributed by atoms with Crippen molar-refractivity contribution in [1.29, 1.82) is 0 Å². The Kier molecular flexibility index (Phi) is 2.69.